The van der Waals surface area contributed by atoms with Gasteiger partial charge in [0.15, 0.2) is 0 Å². The highest BCUT2D eigenvalue weighted by atomic mass is 79.9. The van der Waals surface area contributed by atoms with Crippen molar-refractivity contribution < 1.29 is 9.53 Å². The van der Waals surface area contributed by atoms with Crippen molar-refractivity contribution in [3.8, 4) is 0 Å². The molecule has 0 radical (unpaired) electrons. The first kappa shape index (κ1) is 14.0. The molecule has 0 aliphatic carbocycles. The lowest BCUT2D eigenvalue weighted by Gasteiger charge is -2.08. The monoisotopic (exact) mass is 337 g/mol. The van der Waals surface area contributed by atoms with Crippen molar-refractivity contribution in [3.05, 3.63) is 52.5 Å². The van der Waals surface area contributed by atoms with Gasteiger partial charge in [0, 0.05) is 20.0 Å². The quantitative estimate of drug-likeness (QED) is 0.680. The van der Waals surface area contributed by atoms with Gasteiger partial charge in [0.25, 0.3) is 0 Å². The predicted octanol–water partition coefficient (Wildman–Crippen LogP) is 3.97. The van der Waals surface area contributed by atoms with Gasteiger partial charge in [-0.25, -0.2) is 4.79 Å². The van der Waals surface area contributed by atoms with Crippen molar-refractivity contribution in [1.82, 2.24) is 0 Å². The summed E-state index contributed by atoms with van der Waals surface area (Å²) in [5.41, 5.74) is 6.73. The molecular weight excluding hydrogens is 326 g/mol. The molecule has 2 rings (SSSR count). The molecule has 19 heavy (non-hydrogen) atoms. The van der Waals surface area contributed by atoms with Gasteiger partial charge in [-0.1, -0.05) is 33.8 Å². The highest BCUT2D eigenvalue weighted by molar-refractivity contribution is 9.10. The van der Waals surface area contributed by atoms with Gasteiger partial charge in [-0.2, -0.15) is 0 Å². The molecule has 5 heteroatoms. The summed E-state index contributed by atoms with van der Waals surface area (Å²) in [5, 5.41) is 0. The van der Waals surface area contributed by atoms with E-state index in [1.54, 1.807) is 12.1 Å². The summed E-state index contributed by atoms with van der Waals surface area (Å²) < 4.78 is 5.77. The second-order valence-corrected chi connectivity index (χ2v) is 5.84. The van der Waals surface area contributed by atoms with Crippen LogP contribution in [0.3, 0.4) is 0 Å². The van der Waals surface area contributed by atoms with E-state index in [0.29, 0.717) is 11.3 Å². The van der Waals surface area contributed by atoms with E-state index < -0.39 is 0 Å². The number of benzene rings is 2. The molecule has 0 spiro atoms. The maximum Gasteiger partial charge on any atom is 0.339 e. The molecular formula is C14H12BrNO2S. The topological polar surface area (TPSA) is 52.3 Å². The number of rotatable bonds is 3. The van der Waals surface area contributed by atoms with Crippen LogP contribution in [0.15, 0.2) is 56.7 Å². The van der Waals surface area contributed by atoms with Crippen LogP contribution in [-0.4, -0.2) is 13.1 Å². The minimum Gasteiger partial charge on any atom is -0.465 e. The van der Waals surface area contributed by atoms with Crippen LogP contribution in [0, 0.1) is 0 Å². The number of halogens is 1. The molecule has 2 aromatic carbocycles. The van der Waals surface area contributed by atoms with Gasteiger partial charge in [-0.3, -0.25) is 0 Å². The number of anilines is 1. The van der Waals surface area contributed by atoms with Crippen LogP contribution in [0.4, 0.5) is 5.69 Å². The molecule has 0 amide bonds. The average Bonchev–Trinajstić information content (AvgIpc) is 2.40. The summed E-state index contributed by atoms with van der Waals surface area (Å²) in [5.74, 6) is -0.384. The third kappa shape index (κ3) is 3.52. The Hall–Kier alpha value is -1.46. The van der Waals surface area contributed by atoms with Gasteiger partial charge in [0.2, 0.25) is 0 Å². The number of ether oxygens (including phenoxy) is 1. The Morgan fingerprint density at radius 2 is 2.05 bits per heavy atom. The SMILES string of the molecule is COC(=O)c1cc(N)ccc1Sc1cccc(Br)c1. The molecule has 0 aliphatic rings. The van der Waals surface area contributed by atoms with Crippen LogP contribution < -0.4 is 5.73 Å². The van der Waals surface area contributed by atoms with Gasteiger partial charge in [-0.05, 0) is 36.4 Å². The van der Waals surface area contributed by atoms with Crippen molar-refractivity contribution in [2.24, 2.45) is 0 Å². The van der Waals surface area contributed by atoms with Crippen LogP contribution >= 0.6 is 27.7 Å². The summed E-state index contributed by atoms with van der Waals surface area (Å²) >= 11 is 4.92. The number of esters is 1. The third-order valence-corrected chi connectivity index (χ3v) is 3.99. The number of nitrogen functional groups attached to an aromatic ring is 1. The van der Waals surface area contributed by atoms with Crippen molar-refractivity contribution in [1.29, 1.82) is 0 Å². The van der Waals surface area contributed by atoms with E-state index in [1.807, 2.05) is 30.3 Å². The van der Waals surface area contributed by atoms with Gasteiger partial charge >= 0.3 is 5.97 Å². The lowest BCUT2D eigenvalue weighted by molar-refractivity contribution is 0.0597. The number of carbonyl (C=O) groups excluding carboxylic acids is 1. The Kier molecular flexibility index (Phi) is 4.50. The predicted molar refractivity (Wildman–Crippen MR) is 80.5 cm³/mol. The van der Waals surface area contributed by atoms with E-state index >= 15 is 0 Å². The number of hydrogen-bond acceptors (Lipinski definition) is 4. The Labute approximate surface area is 124 Å². The molecule has 0 aromatic heterocycles. The number of carbonyl (C=O) groups is 1. The Balaban J connectivity index is 2.37. The molecule has 0 saturated heterocycles. The van der Waals surface area contributed by atoms with E-state index in [1.165, 1.54) is 18.9 Å². The highest BCUT2D eigenvalue weighted by Crippen LogP contribution is 2.33. The van der Waals surface area contributed by atoms with Crippen LogP contribution in [0.5, 0.6) is 0 Å². The van der Waals surface area contributed by atoms with Crippen LogP contribution in [0.2, 0.25) is 0 Å². The smallest absolute Gasteiger partial charge is 0.339 e. The molecule has 0 fully saturated rings. The summed E-state index contributed by atoms with van der Waals surface area (Å²) in [6.07, 6.45) is 0. The molecule has 3 nitrogen and oxygen atoms in total. The van der Waals surface area contributed by atoms with E-state index in [-0.39, 0.29) is 5.97 Å². The third-order valence-electron chi connectivity index (χ3n) is 2.43. The van der Waals surface area contributed by atoms with Crippen molar-refractivity contribution >= 4 is 39.3 Å². The molecule has 0 heterocycles. The zero-order valence-electron chi connectivity index (χ0n) is 10.2. The maximum absolute atomic E-state index is 11.7. The first-order chi connectivity index (χ1) is 9.10. The van der Waals surface area contributed by atoms with Gasteiger partial charge in [0.05, 0.1) is 12.7 Å². The van der Waals surface area contributed by atoms with Crippen molar-refractivity contribution in [2.75, 3.05) is 12.8 Å². The van der Waals surface area contributed by atoms with E-state index in [2.05, 4.69) is 15.9 Å². The second kappa shape index (κ2) is 6.12. The normalized spacial score (nSPS) is 10.2. The highest BCUT2D eigenvalue weighted by Gasteiger charge is 2.13. The molecule has 0 bridgehead atoms. The molecule has 98 valence electrons. The summed E-state index contributed by atoms with van der Waals surface area (Å²) in [6, 6.07) is 13.1. The fourth-order valence-corrected chi connectivity index (χ4v) is 3.09. The molecule has 0 aliphatic heterocycles. The second-order valence-electron chi connectivity index (χ2n) is 3.81. The van der Waals surface area contributed by atoms with Crippen LogP contribution in [-0.2, 0) is 4.74 Å². The van der Waals surface area contributed by atoms with E-state index in [4.69, 9.17) is 10.5 Å². The zero-order valence-corrected chi connectivity index (χ0v) is 12.6. The number of methoxy groups -OCH3 is 1. The molecule has 0 saturated carbocycles. The van der Waals surface area contributed by atoms with Gasteiger partial charge in [-0.15, -0.1) is 0 Å². The lowest BCUT2D eigenvalue weighted by Crippen LogP contribution is -2.04. The lowest BCUT2D eigenvalue weighted by atomic mass is 10.2. The van der Waals surface area contributed by atoms with E-state index in [0.717, 1.165) is 14.3 Å². The van der Waals surface area contributed by atoms with Crippen LogP contribution in [0.1, 0.15) is 10.4 Å². The minimum absolute atomic E-state index is 0.384. The first-order valence-electron chi connectivity index (χ1n) is 5.51. The standard InChI is InChI=1S/C14H12BrNO2S/c1-18-14(17)12-8-10(16)5-6-13(12)19-11-4-2-3-9(15)7-11/h2-8H,16H2,1H3. The Morgan fingerprint density at radius 1 is 1.26 bits per heavy atom. The zero-order chi connectivity index (χ0) is 13.8. The maximum atomic E-state index is 11.7. The number of nitrogens with two attached hydrogens (primary N) is 1. The van der Waals surface area contributed by atoms with Crippen molar-refractivity contribution in [2.45, 2.75) is 9.79 Å². The van der Waals surface area contributed by atoms with Crippen molar-refractivity contribution in [3.63, 3.8) is 0 Å². The van der Waals surface area contributed by atoms with Crippen LogP contribution in [0.25, 0.3) is 0 Å². The summed E-state index contributed by atoms with van der Waals surface area (Å²) in [7, 11) is 1.36. The molecule has 2 aromatic rings. The Bertz CT molecular complexity index is 616. The fourth-order valence-electron chi connectivity index (χ4n) is 1.56. The molecule has 2 N–H and O–H groups in total. The largest absolute Gasteiger partial charge is 0.465 e. The summed E-state index contributed by atoms with van der Waals surface area (Å²) in [4.78, 5) is 13.6. The molecule has 0 atom stereocenters. The number of hydrogen-bond donors (Lipinski definition) is 1. The Morgan fingerprint density at radius 3 is 2.74 bits per heavy atom. The minimum atomic E-state index is -0.384. The summed E-state index contributed by atoms with van der Waals surface area (Å²) in [6.45, 7) is 0. The van der Waals surface area contributed by atoms with Gasteiger partial charge in [0.1, 0.15) is 0 Å². The molecule has 0 unspecified atom stereocenters. The van der Waals surface area contributed by atoms with Gasteiger partial charge < -0.3 is 10.5 Å². The fraction of sp³-hybridized carbons (Fsp3) is 0.0714. The van der Waals surface area contributed by atoms with E-state index in [9.17, 15) is 4.79 Å². The first-order valence-corrected chi connectivity index (χ1v) is 7.12. The average molecular weight is 338 g/mol.